The largest absolute Gasteiger partial charge is 0.469 e. The van der Waals surface area contributed by atoms with Crippen molar-refractivity contribution in [2.45, 2.75) is 19.4 Å². The zero-order valence-electron chi connectivity index (χ0n) is 7.53. The van der Waals surface area contributed by atoms with Crippen LogP contribution in [0.4, 0.5) is 0 Å². The first kappa shape index (κ1) is 9.03. The number of likely N-dealkylation sites (tertiary alicyclic amines) is 1. The fraction of sp³-hybridized carbons (Fsp3) is 0.750. The van der Waals surface area contributed by atoms with Gasteiger partial charge in [0.2, 0.25) is 5.91 Å². The number of amides is 1. The topological polar surface area (TPSA) is 46.6 Å². The van der Waals surface area contributed by atoms with E-state index in [-0.39, 0.29) is 30.3 Å². The van der Waals surface area contributed by atoms with Crippen LogP contribution in [-0.2, 0) is 14.3 Å². The van der Waals surface area contributed by atoms with Gasteiger partial charge in [-0.1, -0.05) is 0 Å². The second kappa shape index (κ2) is 3.13. The predicted molar refractivity (Wildman–Crippen MR) is 42.4 cm³/mol. The molecule has 68 valence electrons. The Morgan fingerprint density at radius 2 is 2.25 bits per heavy atom. The zero-order valence-corrected chi connectivity index (χ0v) is 7.53. The Balaban J connectivity index is 2.70. The summed E-state index contributed by atoms with van der Waals surface area (Å²) in [4.78, 5) is 23.8. The van der Waals surface area contributed by atoms with Crippen LogP contribution in [0.5, 0.6) is 0 Å². The third kappa shape index (κ3) is 1.29. The van der Waals surface area contributed by atoms with Crippen molar-refractivity contribution in [1.29, 1.82) is 0 Å². The first-order valence-corrected chi connectivity index (χ1v) is 3.91. The van der Waals surface area contributed by atoms with E-state index in [0.29, 0.717) is 0 Å². The fourth-order valence-electron chi connectivity index (χ4n) is 1.43. The molecule has 1 rings (SSSR count). The Morgan fingerprint density at radius 1 is 1.67 bits per heavy atom. The second-order valence-corrected chi connectivity index (χ2v) is 3.08. The molecule has 0 aromatic carbocycles. The van der Waals surface area contributed by atoms with Gasteiger partial charge >= 0.3 is 5.97 Å². The van der Waals surface area contributed by atoms with Crippen molar-refractivity contribution in [3.8, 4) is 0 Å². The van der Waals surface area contributed by atoms with Crippen molar-refractivity contribution in [3.63, 3.8) is 0 Å². The quantitative estimate of drug-likeness (QED) is 0.523. The van der Waals surface area contributed by atoms with Gasteiger partial charge in [-0.2, -0.15) is 0 Å². The standard InChI is InChI=1S/C8H13NO3/c1-5-6(8(11)12-3)4-7(10)9(5)2/h5-6H,4H2,1-3H3. The summed E-state index contributed by atoms with van der Waals surface area (Å²) in [6.45, 7) is 1.85. The maximum Gasteiger partial charge on any atom is 0.311 e. The Kier molecular flexibility index (Phi) is 2.35. The lowest BCUT2D eigenvalue weighted by atomic mass is 10.0. The number of hydrogen-bond acceptors (Lipinski definition) is 3. The molecule has 0 spiro atoms. The number of carbonyl (C=O) groups is 2. The van der Waals surface area contributed by atoms with E-state index in [4.69, 9.17) is 0 Å². The number of rotatable bonds is 1. The Labute approximate surface area is 71.5 Å². The summed E-state index contributed by atoms with van der Waals surface area (Å²) in [5.41, 5.74) is 0. The summed E-state index contributed by atoms with van der Waals surface area (Å²) in [6, 6.07) is -0.0371. The molecule has 2 atom stereocenters. The van der Waals surface area contributed by atoms with Crippen molar-refractivity contribution in [2.75, 3.05) is 14.2 Å². The molecule has 0 aromatic heterocycles. The number of hydrogen-bond donors (Lipinski definition) is 0. The van der Waals surface area contributed by atoms with E-state index in [1.165, 1.54) is 7.11 Å². The highest BCUT2D eigenvalue weighted by Crippen LogP contribution is 2.24. The molecule has 4 nitrogen and oxygen atoms in total. The van der Waals surface area contributed by atoms with Crippen molar-refractivity contribution in [2.24, 2.45) is 5.92 Å². The molecule has 0 aliphatic carbocycles. The van der Waals surface area contributed by atoms with Crippen LogP contribution in [0.15, 0.2) is 0 Å². The van der Waals surface area contributed by atoms with E-state index in [9.17, 15) is 9.59 Å². The van der Waals surface area contributed by atoms with E-state index in [2.05, 4.69) is 4.74 Å². The Morgan fingerprint density at radius 3 is 2.58 bits per heavy atom. The number of nitrogens with zero attached hydrogens (tertiary/aromatic N) is 1. The SMILES string of the molecule is COC(=O)C1CC(=O)N(C)C1C. The molecular weight excluding hydrogens is 158 g/mol. The average Bonchev–Trinajstić information content (AvgIpc) is 2.32. The number of methoxy groups -OCH3 is 1. The van der Waals surface area contributed by atoms with E-state index in [1.54, 1.807) is 11.9 Å². The highest BCUT2D eigenvalue weighted by Gasteiger charge is 2.39. The molecular formula is C8H13NO3. The molecule has 1 heterocycles. The maximum absolute atomic E-state index is 11.1. The normalized spacial score (nSPS) is 29.2. The van der Waals surface area contributed by atoms with Gasteiger partial charge in [-0.05, 0) is 6.92 Å². The van der Waals surface area contributed by atoms with Crippen molar-refractivity contribution in [3.05, 3.63) is 0 Å². The summed E-state index contributed by atoms with van der Waals surface area (Å²) >= 11 is 0. The third-order valence-corrected chi connectivity index (χ3v) is 2.49. The van der Waals surface area contributed by atoms with E-state index < -0.39 is 0 Å². The van der Waals surface area contributed by atoms with Gasteiger partial charge in [-0.3, -0.25) is 9.59 Å². The summed E-state index contributed by atoms with van der Waals surface area (Å²) in [7, 11) is 3.05. The smallest absolute Gasteiger partial charge is 0.311 e. The molecule has 4 heteroatoms. The van der Waals surface area contributed by atoms with E-state index >= 15 is 0 Å². The maximum atomic E-state index is 11.1. The van der Waals surface area contributed by atoms with Crippen LogP contribution >= 0.6 is 0 Å². The monoisotopic (exact) mass is 171 g/mol. The highest BCUT2D eigenvalue weighted by molar-refractivity contribution is 5.87. The molecule has 2 unspecified atom stereocenters. The van der Waals surface area contributed by atoms with E-state index in [0.717, 1.165) is 0 Å². The van der Waals surface area contributed by atoms with Gasteiger partial charge in [-0.15, -0.1) is 0 Å². The van der Waals surface area contributed by atoms with Gasteiger partial charge < -0.3 is 9.64 Å². The van der Waals surface area contributed by atoms with Crippen LogP contribution in [0.2, 0.25) is 0 Å². The van der Waals surface area contributed by atoms with Crippen LogP contribution < -0.4 is 0 Å². The zero-order chi connectivity index (χ0) is 9.30. The molecule has 0 bridgehead atoms. The third-order valence-electron chi connectivity index (χ3n) is 2.49. The molecule has 0 saturated carbocycles. The van der Waals surface area contributed by atoms with Crippen LogP contribution in [0, 0.1) is 5.92 Å². The molecule has 0 aromatic rings. The summed E-state index contributed by atoms with van der Waals surface area (Å²) in [5, 5.41) is 0. The van der Waals surface area contributed by atoms with Gasteiger partial charge in [0.1, 0.15) is 0 Å². The van der Waals surface area contributed by atoms with Crippen LogP contribution in [0.1, 0.15) is 13.3 Å². The highest BCUT2D eigenvalue weighted by atomic mass is 16.5. The Bertz CT molecular complexity index is 214. The van der Waals surface area contributed by atoms with Gasteiger partial charge in [0, 0.05) is 19.5 Å². The van der Waals surface area contributed by atoms with Gasteiger partial charge in [0.05, 0.1) is 13.0 Å². The second-order valence-electron chi connectivity index (χ2n) is 3.08. The summed E-state index contributed by atoms with van der Waals surface area (Å²) in [5.74, 6) is -0.564. The molecule has 1 aliphatic heterocycles. The van der Waals surface area contributed by atoms with Crippen LogP contribution in [-0.4, -0.2) is 37.0 Å². The predicted octanol–water partition coefficient (Wildman–Crippen LogP) is 0.0262. The summed E-state index contributed by atoms with van der Waals surface area (Å²) < 4.78 is 4.58. The molecule has 12 heavy (non-hydrogen) atoms. The minimum absolute atomic E-state index is 0.0119. The molecule has 0 N–H and O–H groups in total. The number of carbonyl (C=O) groups excluding carboxylic acids is 2. The minimum atomic E-state index is -0.291. The molecule has 1 saturated heterocycles. The van der Waals surface area contributed by atoms with Gasteiger partial charge in [0.15, 0.2) is 0 Å². The Hall–Kier alpha value is -1.06. The first-order valence-electron chi connectivity index (χ1n) is 3.91. The fourth-order valence-corrected chi connectivity index (χ4v) is 1.43. The number of ether oxygens (including phenoxy) is 1. The van der Waals surface area contributed by atoms with Crippen LogP contribution in [0.3, 0.4) is 0 Å². The molecule has 0 radical (unpaired) electrons. The average molecular weight is 171 g/mol. The van der Waals surface area contributed by atoms with E-state index in [1.807, 2.05) is 6.92 Å². The van der Waals surface area contributed by atoms with Crippen molar-refractivity contribution < 1.29 is 14.3 Å². The summed E-state index contributed by atoms with van der Waals surface area (Å²) in [6.07, 6.45) is 0.282. The lowest BCUT2D eigenvalue weighted by molar-refractivity contribution is -0.146. The van der Waals surface area contributed by atoms with Crippen molar-refractivity contribution >= 4 is 11.9 Å². The van der Waals surface area contributed by atoms with Crippen LogP contribution in [0.25, 0.3) is 0 Å². The van der Waals surface area contributed by atoms with Gasteiger partial charge in [0.25, 0.3) is 0 Å². The lowest BCUT2D eigenvalue weighted by Gasteiger charge is -2.18. The van der Waals surface area contributed by atoms with Crippen molar-refractivity contribution in [1.82, 2.24) is 4.90 Å². The lowest BCUT2D eigenvalue weighted by Crippen LogP contribution is -2.31. The molecule has 1 amide bonds. The van der Waals surface area contributed by atoms with Gasteiger partial charge in [-0.25, -0.2) is 0 Å². The molecule has 1 fully saturated rings. The molecule has 1 aliphatic rings. The first-order chi connectivity index (χ1) is 5.57. The minimum Gasteiger partial charge on any atom is -0.469 e. The number of esters is 1.